The molecule has 0 aliphatic carbocycles. The Morgan fingerprint density at radius 2 is 2.33 bits per heavy atom. The van der Waals surface area contributed by atoms with Crippen molar-refractivity contribution >= 4 is 21.6 Å². The highest BCUT2D eigenvalue weighted by atomic mass is 79.9. The molecule has 1 aliphatic heterocycles. The van der Waals surface area contributed by atoms with Gasteiger partial charge in [0.2, 0.25) is 0 Å². The number of ether oxygens (including phenoxy) is 1. The van der Waals surface area contributed by atoms with Crippen LogP contribution < -0.4 is 11.1 Å². The Kier molecular flexibility index (Phi) is 5.03. The molecule has 0 radical (unpaired) electrons. The van der Waals surface area contributed by atoms with Gasteiger partial charge in [-0.3, -0.25) is 0 Å². The molecule has 2 unspecified atom stereocenters. The van der Waals surface area contributed by atoms with E-state index in [1.807, 2.05) is 18.2 Å². The SMILES string of the molecule is CCC1OCCC1CNCc1cc(N)ccc1Br. The highest BCUT2D eigenvalue weighted by molar-refractivity contribution is 9.10. The van der Waals surface area contributed by atoms with Crippen LogP contribution in [-0.2, 0) is 11.3 Å². The lowest BCUT2D eigenvalue weighted by atomic mass is 9.99. The third kappa shape index (κ3) is 3.46. The van der Waals surface area contributed by atoms with Crippen molar-refractivity contribution in [1.82, 2.24) is 5.32 Å². The monoisotopic (exact) mass is 312 g/mol. The Morgan fingerprint density at radius 1 is 1.50 bits per heavy atom. The molecule has 0 aromatic heterocycles. The van der Waals surface area contributed by atoms with Gasteiger partial charge in [0.15, 0.2) is 0 Å². The molecular formula is C14H21BrN2O. The fourth-order valence-electron chi connectivity index (χ4n) is 2.50. The van der Waals surface area contributed by atoms with Gasteiger partial charge in [-0.05, 0) is 42.5 Å². The summed E-state index contributed by atoms with van der Waals surface area (Å²) >= 11 is 3.55. The largest absolute Gasteiger partial charge is 0.399 e. The van der Waals surface area contributed by atoms with Gasteiger partial charge in [0.25, 0.3) is 0 Å². The molecule has 3 N–H and O–H groups in total. The number of nitrogen functional groups attached to an aromatic ring is 1. The second-order valence-electron chi connectivity index (χ2n) is 4.85. The van der Waals surface area contributed by atoms with Gasteiger partial charge in [-0.1, -0.05) is 22.9 Å². The molecule has 1 aromatic rings. The molecule has 1 aromatic carbocycles. The number of halogens is 1. The molecule has 1 saturated heterocycles. The first kappa shape index (κ1) is 13.8. The van der Waals surface area contributed by atoms with E-state index in [4.69, 9.17) is 10.5 Å². The quantitative estimate of drug-likeness (QED) is 0.822. The van der Waals surface area contributed by atoms with Crippen LogP contribution in [0.3, 0.4) is 0 Å². The predicted octanol–water partition coefficient (Wildman–Crippen LogP) is 2.94. The Labute approximate surface area is 117 Å². The molecule has 100 valence electrons. The van der Waals surface area contributed by atoms with Crippen LogP contribution in [0.2, 0.25) is 0 Å². The lowest BCUT2D eigenvalue weighted by molar-refractivity contribution is 0.0872. The molecular weight excluding hydrogens is 292 g/mol. The number of hydrogen-bond donors (Lipinski definition) is 2. The van der Waals surface area contributed by atoms with E-state index in [2.05, 4.69) is 28.2 Å². The summed E-state index contributed by atoms with van der Waals surface area (Å²) in [6, 6.07) is 5.92. The summed E-state index contributed by atoms with van der Waals surface area (Å²) in [5.74, 6) is 0.648. The fraction of sp³-hybridized carbons (Fsp3) is 0.571. The summed E-state index contributed by atoms with van der Waals surface area (Å²) in [4.78, 5) is 0. The van der Waals surface area contributed by atoms with E-state index < -0.39 is 0 Å². The van der Waals surface area contributed by atoms with E-state index >= 15 is 0 Å². The zero-order chi connectivity index (χ0) is 13.0. The standard InChI is InChI=1S/C14H21BrN2O/c1-2-14-10(5-6-18-14)8-17-9-11-7-12(16)3-4-13(11)15/h3-4,7,10,14,17H,2,5-6,8-9,16H2,1H3. The highest BCUT2D eigenvalue weighted by Crippen LogP contribution is 2.23. The molecule has 1 fully saturated rings. The van der Waals surface area contributed by atoms with Gasteiger partial charge >= 0.3 is 0 Å². The zero-order valence-corrected chi connectivity index (χ0v) is 12.4. The van der Waals surface area contributed by atoms with Crippen LogP contribution in [0.15, 0.2) is 22.7 Å². The van der Waals surface area contributed by atoms with Crippen LogP contribution in [-0.4, -0.2) is 19.3 Å². The summed E-state index contributed by atoms with van der Waals surface area (Å²) in [7, 11) is 0. The van der Waals surface area contributed by atoms with Gasteiger partial charge in [-0.25, -0.2) is 0 Å². The normalized spacial score (nSPS) is 23.4. The Balaban J connectivity index is 1.83. The van der Waals surface area contributed by atoms with Crippen LogP contribution in [0.25, 0.3) is 0 Å². The first-order valence-electron chi connectivity index (χ1n) is 6.57. The molecule has 4 heteroatoms. The summed E-state index contributed by atoms with van der Waals surface area (Å²) in [5.41, 5.74) is 7.82. The first-order chi connectivity index (χ1) is 8.70. The van der Waals surface area contributed by atoms with E-state index in [1.165, 1.54) is 12.0 Å². The van der Waals surface area contributed by atoms with Crippen molar-refractivity contribution < 1.29 is 4.74 Å². The maximum Gasteiger partial charge on any atom is 0.0613 e. The second-order valence-corrected chi connectivity index (χ2v) is 5.70. The van der Waals surface area contributed by atoms with E-state index in [-0.39, 0.29) is 0 Å². The van der Waals surface area contributed by atoms with Gasteiger partial charge in [0.1, 0.15) is 0 Å². The smallest absolute Gasteiger partial charge is 0.0613 e. The molecule has 0 amide bonds. The van der Waals surface area contributed by atoms with Crippen LogP contribution >= 0.6 is 15.9 Å². The van der Waals surface area contributed by atoms with Gasteiger partial charge in [0, 0.05) is 29.9 Å². The Morgan fingerprint density at radius 3 is 3.11 bits per heavy atom. The van der Waals surface area contributed by atoms with Gasteiger partial charge in [-0.2, -0.15) is 0 Å². The van der Waals surface area contributed by atoms with E-state index in [1.54, 1.807) is 0 Å². The number of anilines is 1. The van der Waals surface area contributed by atoms with Crippen LogP contribution in [0.1, 0.15) is 25.3 Å². The van der Waals surface area contributed by atoms with Crippen molar-refractivity contribution in [2.45, 2.75) is 32.4 Å². The molecule has 18 heavy (non-hydrogen) atoms. The van der Waals surface area contributed by atoms with Crippen molar-refractivity contribution in [1.29, 1.82) is 0 Å². The zero-order valence-electron chi connectivity index (χ0n) is 10.8. The van der Waals surface area contributed by atoms with Crippen molar-refractivity contribution in [2.75, 3.05) is 18.9 Å². The number of nitrogens with one attached hydrogen (secondary N) is 1. The van der Waals surface area contributed by atoms with Crippen molar-refractivity contribution in [3.05, 3.63) is 28.2 Å². The van der Waals surface area contributed by atoms with E-state index in [0.29, 0.717) is 12.0 Å². The number of benzene rings is 1. The van der Waals surface area contributed by atoms with Gasteiger partial charge in [-0.15, -0.1) is 0 Å². The molecule has 2 atom stereocenters. The topological polar surface area (TPSA) is 47.3 Å². The maximum atomic E-state index is 5.80. The third-order valence-electron chi connectivity index (χ3n) is 3.54. The highest BCUT2D eigenvalue weighted by Gasteiger charge is 2.25. The Hall–Kier alpha value is -0.580. The summed E-state index contributed by atoms with van der Waals surface area (Å²) in [6.07, 6.45) is 2.71. The van der Waals surface area contributed by atoms with Gasteiger partial charge < -0.3 is 15.8 Å². The lowest BCUT2D eigenvalue weighted by Crippen LogP contribution is -2.28. The summed E-state index contributed by atoms with van der Waals surface area (Å²) < 4.78 is 6.80. The van der Waals surface area contributed by atoms with E-state index in [0.717, 1.165) is 36.3 Å². The van der Waals surface area contributed by atoms with Crippen LogP contribution in [0, 0.1) is 5.92 Å². The number of rotatable bonds is 5. The fourth-order valence-corrected chi connectivity index (χ4v) is 2.89. The molecule has 1 heterocycles. The lowest BCUT2D eigenvalue weighted by Gasteiger charge is -2.17. The predicted molar refractivity (Wildman–Crippen MR) is 78.4 cm³/mol. The minimum atomic E-state index is 0.432. The molecule has 3 nitrogen and oxygen atoms in total. The van der Waals surface area contributed by atoms with Crippen molar-refractivity contribution in [3.8, 4) is 0 Å². The molecule has 0 spiro atoms. The number of hydrogen-bond acceptors (Lipinski definition) is 3. The average Bonchev–Trinajstić information content (AvgIpc) is 2.81. The van der Waals surface area contributed by atoms with Crippen molar-refractivity contribution in [3.63, 3.8) is 0 Å². The number of nitrogens with two attached hydrogens (primary N) is 1. The molecule has 0 saturated carbocycles. The minimum absolute atomic E-state index is 0.432. The van der Waals surface area contributed by atoms with E-state index in [9.17, 15) is 0 Å². The maximum absolute atomic E-state index is 5.80. The van der Waals surface area contributed by atoms with Crippen LogP contribution in [0.5, 0.6) is 0 Å². The minimum Gasteiger partial charge on any atom is -0.399 e. The van der Waals surface area contributed by atoms with Crippen molar-refractivity contribution in [2.24, 2.45) is 5.92 Å². The second kappa shape index (κ2) is 6.55. The van der Waals surface area contributed by atoms with Crippen LogP contribution in [0.4, 0.5) is 5.69 Å². The molecule has 2 rings (SSSR count). The third-order valence-corrected chi connectivity index (χ3v) is 4.31. The Bertz CT molecular complexity index is 397. The average molecular weight is 313 g/mol. The summed E-state index contributed by atoms with van der Waals surface area (Å²) in [6.45, 7) is 4.96. The van der Waals surface area contributed by atoms with Gasteiger partial charge in [0.05, 0.1) is 6.10 Å². The summed E-state index contributed by atoms with van der Waals surface area (Å²) in [5, 5.41) is 3.51. The molecule has 1 aliphatic rings. The molecule has 0 bridgehead atoms. The first-order valence-corrected chi connectivity index (χ1v) is 7.36.